The highest BCUT2D eigenvalue weighted by atomic mass is 16.5. The molecule has 1 N–H and O–H groups in total. The third-order valence-corrected chi connectivity index (χ3v) is 2.80. The van der Waals surface area contributed by atoms with Gasteiger partial charge in [0.1, 0.15) is 0 Å². The van der Waals surface area contributed by atoms with Crippen LogP contribution < -0.4 is 5.32 Å². The Hall–Kier alpha value is -0.870. The Bertz CT molecular complexity index is 316. The molecule has 4 nitrogen and oxygen atoms in total. The topological polar surface area (TPSA) is 39.1 Å². The van der Waals surface area contributed by atoms with Gasteiger partial charge < -0.3 is 10.1 Å². The normalized spacial score (nSPS) is 20.8. The van der Waals surface area contributed by atoms with Gasteiger partial charge in [0.15, 0.2) is 0 Å². The molecule has 1 saturated heterocycles. The molecule has 1 aromatic rings. The van der Waals surface area contributed by atoms with Crippen LogP contribution in [0.15, 0.2) is 12.3 Å². The summed E-state index contributed by atoms with van der Waals surface area (Å²) in [5.74, 6) is 0. The molecule has 1 aliphatic rings. The summed E-state index contributed by atoms with van der Waals surface area (Å²) in [6.45, 7) is 6.93. The first-order valence-electron chi connectivity index (χ1n) is 6.11. The fourth-order valence-electron chi connectivity index (χ4n) is 1.91. The molecular weight excluding hydrogens is 202 g/mol. The number of hydrogen-bond acceptors (Lipinski definition) is 3. The molecule has 0 aliphatic carbocycles. The first-order valence-corrected chi connectivity index (χ1v) is 6.11. The molecule has 0 amide bonds. The van der Waals surface area contributed by atoms with Crippen molar-refractivity contribution in [2.45, 2.75) is 51.9 Å². The van der Waals surface area contributed by atoms with E-state index < -0.39 is 0 Å². The van der Waals surface area contributed by atoms with Gasteiger partial charge in [-0.3, -0.25) is 4.68 Å². The van der Waals surface area contributed by atoms with Crippen molar-refractivity contribution in [3.8, 4) is 0 Å². The lowest BCUT2D eigenvalue weighted by Crippen LogP contribution is -2.22. The number of nitrogens with zero attached hydrogens (tertiary/aromatic N) is 2. The third-order valence-electron chi connectivity index (χ3n) is 2.80. The fourth-order valence-corrected chi connectivity index (χ4v) is 1.91. The SMILES string of the molecule is CC(C)NCc1ccn(CC2CCCO2)n1. The second-order valence-electron chi connectivity index (χ2n) is 4.70. The molecule has 0 spiro atoms. The van der Waals surface area contributed by atoms with E-state index in [1.54, 1.807) is 0 Å². The molecule has 16 heavy (non-hydrogen) atoms. The molecular formula is C12H21N3O. The van der Waals surface area contributed by atoms with Crippen molar-refractivity contribution in [3.05, 3.63) is 18.0 Å². The lowest BCUT2D eigenvalue weighted by Gasteiger charge is -2.09. The zero-order valence-electron chi connectivity index (χ0n) is 10.1. The van der Waals surface area contributed by atoms with E-state index in [0.29, 0.717) is 12.1 Å². The van der Waals surface area contributed by atoms with Gasteiger partial charge in [-0.2, -0.15) is 5.10 Å². The van der Waals surface area contributed by atoms with Crippen LogP contribution in [0.1, 0.15) is 32.4 Å². The summed E-state index contributed by atoms with van der Waals surface area (Å²) in [4.78, 5) is 0. The maximum atomic E-state index is 5.59. The highest BCUT2D eigenvalue weighted by Gasteiger charge is 2.16. The average Bonchev–Trinajstić information content (AvgIpc) is 2.87. The summed E-state index contributed by atoms with van der Waals surface area (Å²) < 4.78 is 7.58. The molecule has 1 fully saturated rings. The van der Waals surface area contributed by atoms with Crippen molar-refractivity contribution in [3.63, 3.8) is 0 Å². The highest BCUT2D eigenvalue weighted by Crippen LogP contribution is 2.13. The first kappa shape index (κ1) is 11.6. The van der Waals surface area contributed by atoms with E-state index >= 15 is 0 Å². The third kappa shape index (κ3) is 3.32. The summed E-state index contributed by atoms with van der Waals surface area (Å²) >= 11 is 0. The van der Waals surface area contributed by atoms with E-state index in [0.717, 1.165) is 25.4 Å². The van der Waals surface area contributed by atoms with Crippen LogP contribution in [-0.4, -0.2) is 28.5 Å². The van der Waals surface area contributed by atoms with E-state index in [2.05, 4.69) is 30.3 Å². The summed E-state index contributed by atoms with van der Waals surface area (Å²) in [5.41, 5.74) is 1.10. The van der Waals surface area contributed by atoms with E-state index in [-0.39, 0.29) is 0 Å². The predicted molar refractivity (Wildman–Crippen MR) is 63.2 cm³/mol. The van der Waals surface area contributed by atoms with Crippen LogP contribution in [-0.2, 0) is 17.8 Å². The van der Waals surface area contributed by atoms with Gasteiger partial charge in [-0.05, 0) is 18.9 Å². The van der Waals surface area contributed by atoms with Crippen LogP contribution in [0.25, 0.3) is 0 Å². The molecule has 4 heteroatoms. The van der Waals surface area contributed by atoms with E-state index in [9.17, 15) is 0 Å². The minimum atomic E-state index is 0.366. The molecule has 1 atom stereocenters. The van der Waals surface area contributed by atoms with Gasteiger partial charge in [-0.1, -0.05) is 13.8 Å². The standard InChI is InChI=1S/C12H21N3O/c1-10(2)13-8-11-5-6-15(14-11)9-12-4-3-7-16-12/h5-6,10,12-13H,3-4,7-9H2,1-2H3. The van der Waals surface area contributed by atoms with Crippen LogP contribution in [0.5, 0.6) is 0 Å². The van der Waals surface area contributed by atoms with Crippen molar-refractivity contribution < 1.29 is 4.74 Å². The van der Waals surface area contributed by atoms with Gasteiger partial charge in [0.25, 0.3) is 0 Å². The zero-order chi connectivity index (χ0) is 11.4. The molecule has 0 saturated carbocycles. The van der Waals surface area contributed by atoms with Gasteiger partial charge in [-0.15, -0.1) is 0 Å². The number of aromatic nitrogens is 2. The molecule has 90 valence electrons. The molecule has 1 unspecified atom stereocenters. The highest BCUT2D eigenvalue weighted by molar-refractivity contribution is 4.98. The molecule has 1 aliphatic heterocycles. The second kappa shape index (κ2) is 5.46. The number of nitrogens with one attached hydrogen (secondary N) is 1. The Morgan fingerprint density at radius 1 is 1.62 bits per heavy atom. The fraction of sp³-hybridized carbons (Fsp3) is 0.750. The molecule has 2 rings (SSSR count). The Kier molecular flexibility index (Phi) is 3.96. The molecule has 2 heterocycles. The summed E-state index contributed by atoms with van der Waals surface area (Å²) in [7, 11) is 0. The number of ether oxygens (including phenoxy) is 1. The second-order valence-corrected chi connectivity index (χ2v) is 4.70. The van der Waals surface area contributed by atoms with Crippen LogP contribution in [0.4, 0.5) is 0 Å². The van der Waals surface area contributed by atoms with E-state index in [1.165, 1.54) is 12.8 Å². The smallest absolute Gasteiger partial charge is 0.0771 e. The largest absolute Gasteiger partial charge is 0.376 e. The lowest BCUT2D eigenvalue weighted by atomic mass is 10.2. The Morgan fingerprint density at radius 2 is 2.50 bits per heavy atom. The zero-order valence-corrected chi connectivity index (χ0v) is 10.1. The Labute approximate surface area is 97.0 Å². The van der Waals surface area contributed by atoms with Crippen molar-refractivity contribution in [1.82, 2.24) is 15.1 Å². The quantitative estimate of drug-likeness (QED) is 0.823. The maximum absolute atomic E-state index is 5.59. The van der Waals surface area contributed by atoms with E-state index in [4.69, 9.17) is 4.74 Å². The lowest BCUT2D eigenvalue weighted by molar-refractivity contribution is 0.0939. The summed E-state index contributed by atoms with van der Waals surface area (Å²) in [6, 6.07) is 2.58. The summed E-state index contributed by atoms with van der Waals surface area (Å²) in [5, 5.41) is 7.88. The number of hydrogen-bond donors (Lipinski definition) is 1. The average molecular weight is 223 g/mol. The van der Waals surface area contributed by atoms with Crippen LogP contribution >= 0.6 is 0 Å². The van der Waals surface area contributed by atoms with Crippen LogP contribution in [0.2, 0.25) is 0 Å². The number of rotatable bonds is 5. The van der Waals surface area contributed by atoms with Crippen molar-refractivity contribution >= 4 is 0 Å². The van der Waals surface area contributed by atoms with Crippen molar-refractivity contribution in [2.24, 2.45) is 0 Å². The van der Waals surface area contributed by atoms with Gasteiger partial charge in [0.2, 0.25) is 0 Å². The monoisotopic (exact) mass is 223 g/mol. The van der Waals surface area contributed by atoms with E-state index in [1.807, 2.05) is 10.9 Å². The van der Waals surface area contributed by atoms with Crippen LogP contribution in [0, 0.1) is 0 Å². The predicted octanol–water partition coefficient (Wildman–Crippen LogP) is 1.56. The van der Waals surface area contributed by atoms with Gasteiger partial charge in [0, 0.05) is 25.4 Å². The summed E-state index contributed by atoms with van der Waals surface area (Å²) in [6.07, 6.45) is 4.76. The Morgan fingerprint density at radius 3 is 3.19 bits per heavy atom. The molecule has 0 aromatic carbocycles. The van der Waals surface area contributed by atoms with Gasteiger partial charge >= 0.3 is 0 Å². The van der Waals surface area contributed by atoms with Gasteiger partial charge in [0.05, 0.1) is 18.3 Å². The molecule has 1 aromatic heterocycles. The van der Waals surface area contributed by atoms with Crippen molar-refractivity contribution in [2.75, 3.05) is 6.61 Å². The molecule has 0 bridgehead atoms. The van der Waals surface area contributed by atoms with Gasteiger partial charge in [-0.25, -0.2) is 0 Å². The Balaban J connectivity index is 1.81. The van der Waals surface area contributed by atoms with Crippen molar-refractivity contribution in [1.29, 1.82) is 0 Å². The minimum absolute atomic E-state index is 0.366. The molecule has 0 radical (unpaired) electrons. The first-order chi connectivity index (χ1) is 7.74. The maximum Gasteiger partial charge on any atom is 0.0771 e. The minimum Gasteiger partial charge on any atom is -0.376 e. The van der Waals surface area contributed by atoms with Crippen LogP contribution in [0.3, 0.4) is 0 Å².